The lowest BCUT2D eigenvalue weighted by Gasteiger charge is -2.21. The van der Waals surface area contributed by atoms with E-state index in [1.807, 2.05) is 0 Å². The average molecular weight is 154 g/mol. The summed E-state index contributed by atoms with van der Waals surface area (Å²) >= 11 is 0. The van der Waals surface area contributed by atoms with Crippen LogP contribution in [-0.4, -0.2) is 36.6 Å². The fourth-order valence-electron chi connectivity index (χ4n) is 1.10. The first kappa shape index (κ1) is 6.91. The number of hydrogen-bond donors (Lipinski definition) is 2. The zero-order valence-corrected chi connectivity index (χ0v) is 6.80. The lowest BCUT2D eigenvalue weighted by molar-refractivity contribution is 0.469. The molecule has 0 amide bonds. The molecule has 1 saturated heterocycles. The zero-order chi connectivity index (χ0) is 7.68. The fourth-order valence-corrected chi connectivity index (χ4v) is 1.10. The first-order chi connectivity index (χ1) is 5.34. The molecule has 11 heavy (non-hydrogen) atoms. The molecule has 4 nitrogen and oxygen atoms in total. The van der Waals surface area contributed by atoms with Crippen LogP contribution in [0, 0.1) is 0 Å². The van der Waals surface area contributed by atoms with Crippen molar-refractivity contribution in [1.29, 1.82) is 0 Å². The standard InChI is InChI=1S/C7H14N4/c1-6-2-3-8-7(9-6)10-11-4-5-11/h6H,2-5H2,1H3,(H2,8,9,10). The molecule has 2 aliphatic heterocycles. The summed E-state index contributed by atoms with van der Waals surface area (Å²) < 4.78 is 0. The molecule has 0 aliphatic carbocycles. The number of nitrogens with one attached hydrogen (secondary N) is 2. The third kappa shape index (κ3) is 1.83. The molecule has 0 spiro atoms. The molecule has 62 valence electrons. The molecule has 0 aromatic carbocycles. The van der Waals surface area contributed by atoms with Crippen LogP contribution < -0.4 is 10.7 Å². The molecule has 2 heterocycles. The highest BCUT2D eigenvalue weighted by Gasteiger charge is 2.20. The second-order valence-corrected chi connectivity index (χ2v) is 3.16. The van der Waals surface area contributed by atoms with Gasteiger partial charge in [-0.25, -0.2) is 5.01 Å². The van der Waals surface area contributed by atoms with Crippen molar-refractivity contribution in [2.24, 2.45) is 4.99 Å². The molecule has 2 rings (SSSR count). The second-order valence-electron chi connectivity index (χ2n) is 3.16. The molecule has 2 aliphatic rings. The fraction of sp³-hybridized carbons (Fsp3) is 0.857. The van der Waals surface area contributed by atoms with E-state index in [1.165, 1.54) is 0 Å². The van der Waals surface area contributed by atoms with Crippen molar-refractivity contribution in [3.8, 4) is 0 Å². The van der Waals surface area contributed by atoms with E-state index in [-0.39, 0.29) is 0 Å². The maximum Gasteiger partial charge on any atom is 0.206 e. The van der Waals surface area contributed by atoms with Crippen molar-refractivity contribution in [3.63, 3.8) is 0 Å². The van der Waals surface area contributed by atoms with Crippen LogP contribution in [0.5, 0.6) is 0 Å². The molecule has 1 fully saturated rings. The van der Waals surface area contributed by atoms with E-state index in [1.54, 1.807) is 0 Å². The van der Waals surface area contributed by atoms with E-state index in [4.69, 9.17) is 0 Å². The Labute approximate surface area is 66.6 Å². The van der Waals surface area contributed by atoms with E-state index >= 15 is 0 Å². The maximum atomic E-state index is 4.31. The van der Waals surface area contributed by atoms with Crippen molar-refractivity contribution in [1.82, 2.24) is 15.8 Å². The lowest BCUT2D eigenvalue weighted by Crippen LogP contribution is -2.47. The van der Waals surface area contributed by atoms with Gasteiger partial charge in [-0.3, -0.25) is 10.4 Å². The first-order valence-corrected chi connectivity index (χ1v) is 4.17. The van der Waals surface area contributed by atoms with E-state index in [0.717, 1.165) is 32.0 Å². The molecule has 0 radical (unpaired) electrons. The van der Waals surface area contributed by atoms with Gasteiger partial charge in [-0.2, -0.15) is 0 Å². The monoisotopic (exact) mass is 154 g/mol. The maximum absolute atomic E-state index is 4.31. The Bertz CT molecular complexity index is 173. The molecule has 1 unspecified atom stereocenters. The molecule has 2 N–H and O–H groups in total. The molecule has 1 atom stereocenters. The van der Waals surface area contributed by atoms with E-state index in [2.05, 4.69) is 27.7 Å². The quantitative estimate of drug-likeness (QED) is 0.502. The van der Waals surface area contributed by atoms with Gasteiger partial charge >= 0.3 is 0 Å². The van der Waals surface area contributed by atoms with Crippen LogP contribution in [0.1, 0.15) is 13.3 Å². The molecular formula is C7H14N4. The Morgan fingerprint density at radius 3 is 3.09 bits per heavy atom. The molecule has 4 heteroatoms. The average Bonchev–Trinajstić information content (AvgIpc) is 2.71. The van der Waals surface area contributed by atoms with Crippen LogP contribution in [0.25, 0.3) is 0 Å². The summed E-state index contributed by atoms with van der Waals surface area (Å²) in [7, 11) is 0. The van der Waals surface area contributed by atoms with Gasteiger partial charge in [0.05, 0.1) is 0 Å². The number of guanidine groups is 1. The number of rotatable bonds is 1. The molecule has 0 bridgehead atoms. The summed E-state index contributed by atoms with van der Waals surface area (Å²) in [4.78, 5) is 4.31. The normalized spacial score (nSPS) is 30.6. The molecule has 0 saturated carbocycles. The van der Waals surface area contributed by atoms with Gasteiger partial charge in [-0.15, -0.1) is 0 Å². The summed E-state index contributed by atoms with van der Waals surface area (Å²) in [5.74, 6) is 0.946. The number of aliphatic imine (C=N–C) groups is 1. The minimum Gasteiger partial charge on any atom is -0.353 e. The summed E-state index contributed by atoms with van der Waals surface area (Å²) in [5, 5.41) is 5.41. The summed E-state index contributed by atoms with van der Waals surface area (Å²) in [6.07, 6.45) is 1.14. The smallest absolute Gasteiger partial charge is 0.206 e. The highest BCUT2D eigenvalue weighted by atomic mass is 15.6. The first-order valence-electron chi connectivity index (χ1n) is 4.17. The zero-order valence-electron chi connectivity index (χ0n) is 6.80. The largest absolute Gasteiger partial charge is 0.353 e. The van der Waals surface area contributed by atoms with Crippen molar-refractivity contribution in [2.45, 2.75) is 19.4 Å². The highest BCUT2D eigenvalue weighted by Crippen LogP contribution is 2.00. The Hall–Kier alpha value is -0.770. The summed E-state index contributed by atoms with van der Waals surface area (Å²) in [6.45, 7) is 5.42. The highest BCUT2D eigenvalue weighted by molar-refractivity contribution is 5.80. The Morgan fingerprint density at radius 1 is 1.64 bits per heavy atom. The van der Waals surface area contributed by atoms with Crippen LogP contribution in [0.15, 0.2) is 4.99 Å². The molecule has 0 aromatic heterocycles. The van der Waals surface area contributed by atoms with Gasteiger partial charge in [0.1, 0.15) is 0 Å². The number of nitrogens with zero attached hydrogens (tertiary/aromatic N) is 2. The minimum absolute atomic E-state index is 0.565. The minimum atomic E-state index is 0.565. The Kier molecular flexibility index (Phi) is 1.69. The predicted octanol–water partition coefficient (Wildman–Crippen LogP) is -0.456. The van der Waals surface area contributed by atoms with Gasteiger partial charge in [-0.1, -0.05) is 0 Å². The predicted molar refractivity (Wildman–Crippen MR) is 44.2 cm³/mol. The van der Waals surface area contributed by atoms with Crippen LogP contribution in [0.3, 0.4) is 0 Å². The Morgan fingerprint density at radius 2 is 2.45 bits per heavy atom. The summed E-state index contributed by atoms with van der Waals surface area (Å²) in [6, 6.07) is 0.565. The van der Waals surface area contributed by atoms with Gasteiger partial charge in [0.25, 0.3) is 0 Å². The van der Waals surface area contributed by atoms with Crippen molar-refractivity contribution >= 4 is 5.96 Å². The van der Waals surface area contributed by atoms with Crippen molar-refractivity contribution in [2.75, 3.05) is 19.6 Å². The van der Waals surface area contributed by atoms with E-state index < -0.39 is 0 Å². The van der Waals surface area contributed by atoms with E-state index in [9.17, 15) is 0 Å². The van der Waals surface area contributed by atoms with Gasteiger partial charge in [0.15, 0.2) is 0 Å². The van der Waals surface area contributed by atoms with Crippen molar-refractivity contribution < 1.29 is 0 Å². The molecule has 0 aromatic rings. The van der Waals surface area contributed by atoms with Crippen molar-refractivity contribution in [3.05, 3.63) is 0 Å². The van der Waals surface area contributed by atoms with Gasteiger partial charge in [0, 0.05) is 25.7 Å². The molecular weight excluding hydrogens is 140 g/mol. The van der Waals surface area contributed by atoms with Gasteiger partial charge < -0.3 is 5.32 Å². The number of hydrazine groups is 1. The van der Waals surface area contributed by atoms with Crippen LogP contribution in [0.4, 0.5) is 0 Å². The third-order valence-corrected chi connectivity index (χ3v) is 1.93. The third-order valence-electron chi connectivity index (χ3n) is 1.93. The second kappa shape index (κ2) is 2.70. The lowest BCUT2D eigenvalue weighted by atomic mass is 10.2. The van der Waals surface area contributed by atoms with Gasteiger partial charge in [0.2, 0.25) is 5.96 Å². The summed E-state index contributed by atoms with van der Waals surface area (Å²) in [5.41, 5.74) is 3.20. The van der Waals surface area contributed by atoms with E-state index in [0.29, 0.717) is 6.04 Å². The van der Waals surface area contributed by atoms with Crippen LogP contribution >= 0.6 is 0 Å². The van der Waals surface area contributed by atoms with Crippen LogP contribution in [0.2, 0.25) is 0 Å². The van der Waals surface area contributed by atoms with Crippen LogP contribution in [-0.2, 0) is 0 Å². The Balaban J connectivity index is 1.85. The SMILES string of the molecule is CC1CCN=C(NN2CC2)N1. The van der Waals surface area contributed by atoms with Gasteiger partial charge in [-0.05, 0) is 13.3 Å². The topological polar surface area (TPSA) is 39.4 Å². The number of hydrogen-bond acceptors (Lipinski definition) is 4.